The summed E-state index contributed by atoms with van der Waals surface area (Å²) in [5.74, 6) is 0.138. The number of nitrogens with one attached hydrogen (secondary N) is 1. The second-order valence-corrected chi connectivity index (χ2v) is 6.72. The van der Waals surface area contributed by atoms with Gasteiger partial charge in [-0.15, -0.1) is 0 Å². The van der Waals surface area contributed by atoms with Crippen LogP contribution in [0.25, 0.3) is 0 Å². The molecule has 0 spiro atoms. The molecule has 0 amide bonds. The molecule has 19 heavy (non-hydrogen) atoms. The van der Waals surface area contributed by atoms with Crippen LogP contribution in [0.15, 0.2) is 23.1 Å². The molecule has 4 nitrogen and oxygen atoms in total. The molecule has 0 radical (unpaired) electrons. The normalized spacial score (nSPS) is 13.5. The number of hydrogen-bond acceptors (Lipinski definition) is 3. The Balaban J connectivity index is 2.83. The number of aliphatic hydroxyl groups is 1. The number of aryl methyl sites for hydroxylation is 1. The summed E-state index contributed by atoms with van der Waals surface area (Å²) >= 11 is 5.84. The van der Waals surface area contributed by atoms with E-state index in [0.717, 1.165) is 6.42 Å². The van der Waals surface area contributed by atoms with Gasteiger partial charge in [-0.2, -0.15) is 0 Å². The first-order valence-corrected chi connectivity index (χ1v) is 8.13. The van der Waals surface area contributed by atoms with Crippen LogP contribution in [0.5, 0.6) is 0 Å². The van der Waals surface area contributed by atoms with Gasteiger partial charge in [0.2, 0.25) is 10.0 Å². The highest BCUT2D eigenvalue weighted by atomic mass is 35.5. The highest BCUT2D eigenvalue weighted by molar-refractivity contribution is 7.89. The third kappa shape index (κ3) is 4.76. The number of benzene rings is 1. The lowest BCUT2D eigenvalue weighted by Crippen LogP contribution is -2.30. The summed E-state index contributed by atoms with van der Waals surface area (Å²) in [4.78, 5) is 0.207. The van der Waals surface area contributed by atoms with Crippen LogP contribution in [0, 0.1) is 12.8 Å². The molecule has 1 unspecified atom stereocenters. The number of sulfonamides is 1. The van der Waals surface area contributed by atoms with Gasteiger partial charge < -0.3 is 5.11 Å². The standard InChI is InChI=1S/C13H20ClNO3S/c1-3-11(6-7-16)9-15-19(17,18)13-8-12(14)5-4-10(13)2/h4-5,8,11,15-16H,3,6-7,9H2,1-2H3. The maximum Gasteiger partial charge on any atom is 0.240 e. The van der Waals surface area contributed by atoms with Crippen molar-refractivity contribution >= 4 is 21.6 Å². The molecule has 6 heteroatoms. The number of rotatable bonds is 7. The fraction of sp³-hybridized carbons (Fsp3) is 0.538. The van der Waals surface area contributed by atoms with Crippen molar-refractivity contribution in [2.45, 2.75) is 31.6 Å². The van der Waals surface area contributed by atoms with E-state index < -0.39 is 10.0 Å². The maximum atomic E-state index is 12.2. The molecular weight excluding hydrogens is 286 g/mol. The van der Waals surface area contributed by atoms with E-state index in [9.17, 15) is 8.42 Å². The number of aliphatic hydroxyl groups excluding tert-OH is 1. The monoisotopic (exact) mass is 305 g/mol. The third-order valence-electron chi connectivity index (χ3n) is 3.12. The van der Waals surface area contributed by atoms with Crippen LogP contribution >= 0.6 is 11.6 Å². The molecule has 108 valence electrons. The highest BCUT2D eigenvalue weighted by Crippen LogP contribution is 2.20. The van der Waals surface area contributed by atoms with Crippen molar-refractivity contribution in [2.75, 3.05) is 13.2 Å². The van der Waals surface area contributed by atoms with Gasteiger partial charge >= 0.3 is 0 Å². The van der Waals surface area contributed by atoms with Crippen LogP contribution in [0.4, 0.5) is 0 Å². The lowest BCUT2D eigenvalue weighted by atomic mass is 10.0. The second kappa shape index (κ2) is 7.24. The lowest BCUT2D eigenvalue weighted by molar-refractivity contribution is 0.254. The van der Waals surface area contributed by atoms with Crippen molar-refractivity contribution in [3.63, 3.8) is 0 Å². The van der Waals surface area contributed by atoms with E-state index in [2.05, 4.69) is 4.72 Å². The molecule has 0 bridgehead atoms. The Kier molecular flexibility index (Phi) is 6.26. The lowest BCUT2D eigenvalue weighted by Gasteiger charge is -2.15. The zero-order chi connectivity index (χ0) is 14.5. The first kappa shape index (κ1) is 16.4. The molecule has 1 aromatic rings. The smallest absolute Gasteiger partial charge is 0.240 e. The highest BCUT2D eigenvalue weighted by Gasteiger charge is 2.18. The van der Waals surface area contributed by atoms with Crippen molar-refractivity contribution in [1.29, 1.82) is 0 Å². The van der Waals surface area contributed by atoms with Gasteiger partial charge in [-0.25, -0.2) is 13.1 Å². The summed E-state index contributed by atoms with van der Waals surface area (Å²) in [7, 11) is -3.55. The Morgan fingerprint density at radius 2 is 2.11 bits per heavy atom. The largest absolute Gasteiger partial charge is 0.396 e. The van der Waals surface area contributed by atoms with Gasteiger partial charge in [0.05, 0.1) is 4.90 Å². The Bertz CT molecular complexity index is 517. The SMILES string of the molecule is CCC(CCO)CNS(=O)(=O)c1cc(Cl)ccc1C. The van der Waals surface area contributed by atoms with Crippen molar-refractivity contribution in [2.24, 2.45) is 5.92 Å². The zero-order valence-electron chi connectivity index (χ0n) is 11.2. The predicted octanol–water partition coefficient (Wildman–Crippen LogP) is 2.34. The molecule has 0 aromatic heterocycles. The minimum atomic E-state index is -3.55. The Labute approximate surface area is 119 Å². The molecule has 0 fully saturated rings. The van der Waals surface area contributed by atoms with Crippen molar-refractivity contribution in [3.8, 4) is 0 Å². The summed E-state index contributed by atoms with van der Waals surface area (Å²) in [5.41, 5.74) is 0.659. The summed E-state index contributed by atoms with van der Waals surface area (Å²) in [5, 5.41) is 9.30. The first-order valence-electron chi connectivity index (χ1n) is 6.27. The zero-order valence-corrected chi connectivity index (χ0v) is 12.8. The molecule has 2 N–H and O–H groups in total. The fourth-order valence-corrected chi connectivity index (χ4v) is 3.42. The van der Waals surface area contributed by atoms with E-state index in [4.69, 9.17) is 16.7 Å². The van der Waals surface area contributed by atoms with Gasteiger partial charge in [-0.1, -0.05) is 31.0 Å². The molecule has 1 rings (SSSR count). The maximum absolute atomic E-state index is 12.2. The number of halogens is 1. The van der Waals surface area contributed by atoms with Crippen molar-refractivity contribution < 1.29 is 13.5 Å². The average molecular weight is 306 g/mol. The van der Waals surface area contributed by atoms with Crippen molar-refractivity contribution in [3.05, 3.63) is 28.8 Å². The number of hydrogen-bond donors (Lipinski definition) is 2. The molecule has 0 heterocycles. The molecule has 0 aliphatic carbocycles. The molecular formula is C13H20ClNO3S. The molecule has 1 aromatic carbocycles. The van der Waals surface area contributed by atoms with Gasteiger partial charge in [0, 0.05) is 18.2 Å². The minimum absolute atomic E-state index is 0.0659. The topological polar surface area (TPSA) is 66.4 Å². The fourth-order valence-electron chi connectivity index (χ4n) is 1.80. The third-order valence-corrected chi connectivity index (χ3v) is 4.92. The van der Waals surface area contributed by atoms with Gasteiger partial charge in [0.25, 0.3) is 0 Å². The second-order valence-electron chi connectivity index (χ2n) is 4.55. The predicted molar refractivity (Wildman–Crippen MR) is 76.9 cm³/mol. The summed E-state index contributed by atoms with van der Waals surface area (Å²) < 4.78 is 27.0. The molecule has 0 aliphatic rings. The van der Waals surface area contributed by atoms with Crippen LogP contribution in [0.1, 0.15) is 25.3 Å². The van der Waals surface area contributed by atoms with E-state index in [-0.39, 0.29) is 17.4 Å². The summed E-state index contributed by atoms with van der Waals surface area (Å²) in [6.45, 7) is 4.09. The van der Waals surface area contributed by atoms with Crippen LogP contribution in [0.3, 0.4) is 0 Å². The van der Waals surface area contributed by atoms with E-state index in [1.165, 1.54) is 6.07 Å². The Morgan fingerprint density at radius 1 is 1.42 bits per heavy atom. The summed E-state index contributed by atoms with van der Waals surface area (Å²) in [6, 6.07) is 4.80. The van der Waals surface area contributed by atoms with E-state index in [1.807, 2.05) is 6.92 Å². The minimum Gasteiger partial charge on any atom is -0.396 e. The Hall–Kier alpha value is -0.620. The van der Waals surface area contributed by atoms with Crippen LogP contribution in [-0.4, -0.2) is 26.7 Å². The van der Waals surface area contributed by atoms with Gasteiger partial charge in [0.1, 0.15) is 0 Å². The van der Waals surface area contributed by atoms with Gasteiger partial charge in [0.15, 0.2) is 0 Å². The van der Waals surface area contributed by atoms with Crippen LogP contribution < -0.4 is 4.72 Å². The van der Waals surface area contributed by atoms with E-state index in [0.29, 0.717) is 23.6 Å². The van der Waals surface area contributed by atoms with E-state index in [1.54, 1.807) is 19.1 Å². The Morgan fingerprint density at radius 3 is 2.68 bits per heavy atom. The molecule has 0 saturated heterocycles. The quantitative estimate of drug-likeness (QED) is 0.812. The van der Waals surface area contributed by atoms with Gasteiger partial charge in [-0.05, 0) is 37.0 Å². The summed E-state index contributed by atoms with van der Waals surface area (Å²) in [6.07, 6.45) is 1.41. The molecule has 0 aliphatic heterocycles. The molecule has 0 saturated carbocycles. The van der Waals surface area contributed by atoms with Crippen LogP contribution in [-0.2, 0) is 10.0 Å². The van der Waals surface area contributed by atoms with Gasteiger partial charge in [-0.3, -0.25) is 0 Å². The van der Waals surface area contributed by atoms with Crippen molar-refractivity contribution in [1.82, 2.24) is 4.72 Å². The molecule has 1 atom stereocenters. The van der Waals surface area contributed by atoms with E-state index >= 15 is 0 Å². The first-order chi connectivity index (χ1) is 8.90. The average Bonchev–Trinajstić information content (AvgIpc) is 2.37. The van der Waals surface area contributed by atoms with Crippen LogP contribution in [0.2, 0.25) is 5.02 Å².